The van der Waals surface area contributed by atoms with Crippen molar-refractivity contribution in [2.24, 2.45) is 0 Å². The second-order valence-corrected chi connectivity index (χ2v) is 9.74. The fourth-order valence-electron chi connectivity index (χ4n) is 5.00. The Kier molecular flexibility index (Phi) is 7.64. The van der Waals surface area contributed by atoms with E-state index >= 15 is 0 Å². The van der Waals surface area contributed by atoms with Crippen LogP contribution in [0.25, 0.3) is 11.1 Å². The topological polar surface area (TPSA) is 79.7 Å². The van der Waals surface area contributed by atoms with Crippen LogP contribution in [0.3, 0.4) is 0 Å². The molecule has 0 unspecified atom stereocenters. The highest BCUT2D eigenvalue weighted by atomic mass is 16.5. The smallest absolute Gasteiger partial charge is 0.310 e. The molecule has 0 aromatic heterocycles. The lowest BCUT2D eigenvalue weighted by Crippen LogP contribution is -2.55. The molecule has 1 amide bonds. The number of para-hydroxylation sites is 1. The molecular weight excluding hydrogens is 480 g/mol. The van der Waals surface area contributed by atoms with Gasteiger partial charge in [0.05, 0.1) is 24.5 Å². The number of β-amino-alcohol motifs (C(OH)–C–C–N with tert-alkyl or cyclic N) is 1. The number of nitrogens with zero attached hydrogens (tertiary/aromatic N) is 4. The predicted molar refractivity (Wildman–Crippen MR) is 148 cm³/mol. The van der Waals surface area contributed by atoms with Gasteiger partial charge in [0, 0.05) is 45.3 Å². The number of benzene rings is 3. The molecule has 2 aliphatic heterocycles. The normalized spacial score (nSPS) is 17.3. The lowest BCUT2D eigenvalue weighted by Gasteiger charge is -2.43. The summed E-state index contributed by atoms with van der Waals surface area (Å²) >= 11 is 0. The standard InChI is InChI=1S/C30H34N4O4/c1-22-7-11-24(12-8-22)34-30(37)29(27(21-31(34)2)33-17-15-32(16-18-33)19-20-35)38-25-13-9-23(10-14-25)26-5-3-4-6-28(26)36/h3-14,35-36H,15-21H2,1-2H3. The molecule has 0 aliphatic carbocycles. The van der Waals surface area contributed by atoms with Gasteiger partial charge in [-0.3, -0.25) is 9.69 Å². The van der Waals surface area contributed by atoms with E-state index < -0.39 is 0 Å². The van der Waals surface area contributed by atoms with Crippen molar-refractivity contribution < 1.29 is 19.7 Å². The molecule has 0 atom stereocenters. The number of ether oxygens (including phenoxy) is 1. The summed E-state index contributed by atoms with van der Waals surface area (Å²) in [7, 11) is 1.91. The fraction of sp³-hybridized carbons (Fsp3) is 0.300. The van der Waals surface area contributed by atoms with Crippen LogP contribution in [0.5, 0.6) is 11.5 Å². The minimum absolute atomic E-state index is 0.139. The molecule has 198 valence electrons. The molecule has 3 aromatic carbocycles. The van der Waals surface area contributed by atoms with E-state index in [0.717, 1.165) is 54.3 Å². The van der Waals surface area contributed by atoms with E-state index in [1.807, 2.05) is 79.6 Å². The quantitative estimate of drug-likeness (QED) is 0.500. The van der Waals surface area contributed by atoms with Crippen LogP contribution in [-0.4, -0.2) is 83.9 Å². The Labute approximate surface area is 223 Å². The van der Waals surface area contributed by atoms with Crippen molar-refractivity contribution in [2.75, 3.05) is 57.9 Å². The number of phenols is 1. The molecular formula is C30H34N4O4. The number of aliphatic hydroxyl groups excluding tert-OH is 1. The van der Waals surface area contributed by atoms with Crippen molar-refractivity contribution in [1.29, 1.82) is 0 Å². The summed E-state index contributed by atoms with van der Waals surface area (Å²) in [5.74, 6) is 0.859. The Balaban J connectivity index is 1.46. The van der Waals surface area contributed by atoms with Crippen molar-refractivity contribution in [3.8, 4) is 22.6 Å². The van der Waals surface area contributed by atoms with Crippen LogP contribution >= 0.6 is 0 Å². The molecule has 3 aromatic rings. The number of amides is 1. The zero-order chi connectivity index (χ0) is 26.6. The SMILES string of the molecule is Cc1ccc(N2C(=O)C(Oc3ccc(-c4ccccc4O)cc3)=C(N3CCN(CCO)CC3)CN2C)cc1. The van der Waals surface area contributed by atoms with Gasteiger partial charge in [0.25, 0.3) is 0 Å². The highest BCUT2D eigenvalue weighted by Gasteiger charge is 2.37. The zero-order valence-electron chi connectivity index (χ0n) is 21.9. The minimum Gasteiger partial charge on any atom is -0.507 e. The van der Waals surface area contributed by atoms with E-state index in [1.54, 1.807) is 17.1 Å². The lowest BCUT2D eigenvalue weighted by atomic mass is 10.0. The van der Waals surface area contributed by atoms with E-state index in [1.165, 1.54) is 0 Å². The van der Waals surface area contributed by atoms with Gasteiger partial charge in [-0.05, 0) is 42.8 Å². The summed E-state index contributed by atoms with van der Waals surface area (Å²) in [6.45, 7) is 6.46. The lowest BCUT2D eigenvalue weighted by molar-refractivity contribution is -0.121. The van der Waals surface area contributed by atoms with Gasteiger partial charge >= 0.3 is 5.91 Å². The number of carbonyl (C=O) groups is 1. The first-order chi connectivity index (χ1) is 18.4. The maximum atomic E-state index is 14.0. The van der Waals surface area contributed by atoms with E-state index in [-0.39, 0.29) is 18.3 Å². The van der Waals surface area contributed by atoms with Gasteiger partial charge < -0.3 is 19.8 Å². The van der Waals surface area contributed by atoms with Gasteiger partial charge in [0.1, 0.15) is 11.5 Å². The molecule has 0 saturated carbocycles. The monoisotopic (exact) mass is 514 g/mol. The Morgan fingerprint density at radius 2 is 1.58 bits per heavy atom. The number of likely N-dealkylation sites (N-methyl/N-ethyl adjacent to an activating group) is 1. The number of piperazine rings is 1. The van der Waals surface area contributed by atoms with Gasteiger partial charge in [0.2, 0.25) is 5.76 Å². The van der Waals surface area contributed by atoms with Gasteiger partial charge in [-0.25, -0.2) is 10.0 Å². The first kappa shape index (κ1) is 25.8. The second-order valence-electron chi connectivity index (χ2n) is 9.74. The molecule has 8 nitrogen and oxygen atoms in total. The summed E-state index contributed by atoms with van der Waals surface area (Å²) in [4.78, 5) is 18.4. The van der Waals surface area contributed by atoms with Crippen LogP contribution in [0.1, 0.15) is 5.56 Å². The average Bonchev–Trinajstić information content (AvgIpc) is 2.93. The first-order valence-corrected chi connectivity index (χ1v) is 12.9. The van der Waals surface area contributed by atoms with Crippen LogP contribution in [0.15, 0.2) is 84.3 Å². The third kappa shape index (κ3) is 5.38. The Morgan fingerprint density at radius 1 is 0.895 bits per heavy atom. The molecule has 2 heterocycles. The molecule has 2 aliphatic rings. The highest BCUT2D eigenvalue weighted by molar-refractivity contribution is 6.05. The highest BCUT2D eigenvalue weighted by Crippen LogP contribution is 2.32. The van der Waals surface area contributed by atoms with E-state index in [0.29, 0.717) is 24.6 Å². The number of hydrogen-bond acceptors (Lipinski definition) is 7. The number of aryl methyl sites for hydroxylation is 1. The predicted octanol–water partition coefficient (Wildman–Crippen LogP) is 3.46. The summed E-state index contributed by atoms with van der Waals surface area (Å²) in [5.41, 5.74) is 4.36. The molecule has 38 heavy (non-hydrogen) atoms. The van der Waals surface area contributed by atoms with Crippen molar-refractivity contribution in [2.45, 2.75) is 6.92 Å². The van der Waals surface area contributed by atoms with Gasteiger partial charge in [-0.1, -0.05) is 48.0 Å². The van der Waals surface area contributed by atoms with E-state index in [9.17, 15) is 15.0 Å². The van der Waals surface area contributed by atoms with Crippen LogP contribution in [0.2, 0.25) is 0 Å². The molecule has 5 rings (SSSR count). The molecule has 1 fully saturated rings. The average molecular weight is 515 g/mol. The van der Waals surface area contributed by atoms with Crippen LogP contribution in [-0.2, 0) is 4.79 Å². The maximum Gasteiger partial charge on any atom is 0.310 e. The number of aromatic hydroxyl groups is 1. The summed E-state index contributed by atoms with van der Waals surface area (Å²) < 4.78 is 6.36. The molecule has 1 saturated heterocycles. The third-order valence-electron chi connectivity index (χ3n) is 7.11. The van der Waals surface area contributed by atoms with E-state index in [4.69, 9.17) is 4.74 Å². The number of hydrazine groups is 1. The number of carbonyl (C=O) groups excluding carboxylic acids is 1. The number of anilines is 1. The Bertz CT molecular complexity index is 1300. The summed E-state index contributed by atoms with van der Waals surface area (Å²) in [5, 5.41) is 23.1. The van der Waals surface area contributed by atoms with Crippen molar-refractivity contribution >= 4 is 11.6 Å². The first-order valence-electron chi connectivity index (χ1n) is 12.9. The van der Waals surface area contributed by atoms with Gasteiger partial charge in [-0.15, -0.1) is 0 Å². The number of hydrogen-bond donors (Lipinski definition) is 2. The maximum absolute atomic E-state index is 14.0. The van der Waals surface area contributed by atoms with Crippen LogP contribution < -0.4 is 9.75 Å². The van der Waals surface area contributed by atoms with E-state index in [2.05, 4.69) is 9.80 Å². The van der Waals surface area contributed by atoms with Crippen LogP contribution in [0, 0.1) is 6.92 Å². The van der Waals surface area contributed by atoms with Gasteiger partial charge in [0.15, 0.2) is 0 Å². The number of phenolic OH excluding ortho intramolecular Hbond substituents is 1. The molecule has 0 spiro atoms. The van der Waals surface area contributed by atoms with Gasteiger partial charge in [-0.2, -0.15) is 0 Å². The molecule has 0 radical (unpaired) electrons. The molecule has 0 bridgehead atoms. The second kappa shape index (κ2) is 11.3. The zero-order valence-corrected chi connectivity index (χ0v) is 21.9. The Morgan fingerprint density at radius 3 is 2.24 bits per heavy atom. The van der Waals surface area contributed by atoms with Crippen molar-refractivity contribution in [3.05, 3.63) is 89.8 Å². The van der Waals surface area contributed by atoms with Crippen LogP contribution in [0.4, 0.5) is 5.69 Å². The Hall–Kier alpha value is -3.85. The number of rotatable bonds is 7. The summed E-state index contributed by atoms with van der Waals surface area (Å²) in [6, 6.07) is 22.5. The largest absolute Gasteiger partial charge is 0.507 e. The third-order valence-corrected chi connectivity index (χ3v) is 7.11. The van der Waals surface area contributed by atoms with Crippen molar-refractivity contribution in [3.63, 3.8) is 0 Å². The summed E-state index contributed by atoms with van der Waals surface area (Å²) in [6.07, 6.45) is 0. The fourth-order valence-corrected chi connectivity index (χ4v) is 5.00. The van der Waals surface area contributed by atoms with Crippen molar-refractivity contribution in [1.82, 2.24) is 14.8 Å². The molecule has 2 N–H and O–H groups in total. The molecule has 8 heteroatoms. The minimum atomic E-state index is -0.222. The number of aliphatic hydroxyl groups is 1.